The van der Waals surface area contributed by atoms with Gasteiger partial charge in [0.25, 0.3) is 5.56 Å². The molecule has 4 nitrogen and oxygen atoms in total. The number of halogens is 1. The molecule has 94 valence electrons. The second-order valence-corrected chi connectivity index (χ2v) is 4.94. The maximum absolute atomic E-state index is 11.8. The Labute approximate surface area is 114 Å². The third-order valence-corrected chi connectivity index (χ3v) is 3.17. The van der Waals surface area contributed by atoms with Crippen LogP contribution >= 0.6 is 15.9 Å². The van der Waals surface area contributed by atoms with E-state index in [9.17, 15) is 4.79 Å². The normalized spacial score (nSPS) is 10.6. The van der Waals surface area contributed by atoms with Crippen molar-refractivity contribution < 1.29 is 0 Å². The van der Waals surface area contributed by atoms with Crippen molar-refractivity contribution in [3.05, 3.63) is 50.7 Å². The number of hydrogen-bond acceptors (Lipinski definition) is 3. The molecule has 0 aliphatic carbocycles. The Bertz CT molecular complexity index is 605. The van der Waals surface area contributed by atoms with Crippen LogP contribution in [-0.4, -0.2) is 16.8 Å². The number of nitrogens with one attached hydrogen (secondary N) is 1. The van der Waals surface area contributed by atoms with Crippen LogP contribution in [0.5, 0.6) is 0 Å². The second-order valence-electron chi connectivity index (χ2n) is 4.02. The van der Waals surface area contributed by atoms with Gasteiger partial charge in [-0.1, -0.05) is 28.1 Å². The zero-order chi connectivity index (χ0) is 13.1. The van der Waals surface area contributed by atoms with E-state index in [2.05, 4.69) is 26.3 Å². The smallest absolute Gasteiger partial charge is 0.271 e. The van der Waals surface area contributed by atoms with Crippen LogP contribution in [-0.2, 0) is 13.6 Å². The molecule has 0 saturated carbocycles. The van der Waals surface area contributed by atoms with Crippen molar-refractivity contribution in [2.75, 3.05) is 7.05 Å². The minimum atomic E-state index is -0.0646. The number of benzene rings is 1. The van der Waals surface area contributed by atoms with Gasteiger partial charge < -0.3 is 5.32 Å². The van der Waals surface area contributed by atoms with Crippen molar-refractivity contribution >= 4 is 15.9 Å². The minimum absolute atomic E-state index is 0.0646. The third-order valence-electron chi connectivity index (χ3n) is 2.64. The second kappa shape index (κ2) is 5.46. The van der Waals surface area contributed by atoms with Gasteiger partial charge in [-0.25, -0.2) is 4.68 Å². The molecule has 18 heavy (non-hydrogen) atoms. The molecule has 0 unspecified atom stereocenters. The molecule has 0 radical (unpaired) electrons. The quantitative estimate of drug-likeness (QED) is 0.942. The highest BCUT2D eigenvalue weighted by atomic mass is 79.9. The summed E-state index contributed by atoms with van der Waals surface area (Å²) in [5, 5.41) is 7.27. The summed E-state index contributed by atoms with van der Waals surface area (Å²) in [4.78, 5) is 11.8. The van der Waals surface area contributed by atoms with Crippen LogP contribution in [0.4, 0.5) is 0 Å². The summed E-state index contributed by atoms with van der Waals surface area (Å²) in [7, 11) is 3.49. The fourth-order valence-electron chi connectivity index (χ4n) is 1.75. The monoisotopic (exact) mass is 307 g/mol. The molecule has 1 aromatic heterocycles. The van der Waals surface area contributed by atoms with Crippen LogP contribution in [0.3, 0.4) is 0 Å². The van der Waals surface area contributed by atoms with E-state index in [-0.39, 0.29) is 5.56 Å². The molecule has 0 spiro atoms. The van der Waals surface area contributed by atoms with Crippen LogP contribution in [0.2, 0.25) is 0 Å². The van der Waals surface area contributed by atoms with Gasteiger partial charge >= 0.3 is 0 Å². The maximum atomic E-state index is 11.8. The Morgan fingerprint density at radius 3 is 2.61 bits per heavy atom. The molecule has 0 aliphatic rings. The SMILES string of the molecule is CNCc1cc(-c2ccc(Br)cc2)nn(C)c1=O. The maximum Gasteiger partial charge on any atom is 0.271 e. The summed E-state index contributed by atoms with van der Waals surface area (Å²) in [5.74, 6) is 0. The van der Waals surface area contributed by atoms with Gasteiger partial charge in [-0.2, -0.15) is 5.10 Å². The van der Waals surface area contributed by atoms with E-state index in [1.54, 1.807) is 7.05 Å². The van der Waals surface area contributed by atoms with Gasteiger partial charge in [0.05, 0.1) is 5.69 Å². The Morgan fingerprint density at radius 1 is 1.33 bits per heavy atom. The predicted octanol–water partition coefficient (Wildman–Crippen LogP) is 1.93. The molecule has 0 saturated heterocycles. The van der Waals surface area contributed by atoms with Crippen molar-refractivity contribution in [1.29, 1.82) is 0 Å². The van der Waals surface area contributed by atoms with Crippen LogP contribution in [0, 0.1) is 0 Å². The van der Waals surface area contributed by atoms with Gasteiger partial charge in [-0.05, 0) is 25.2 Å². The third kappa shape index (κ3) is 2.68. The number of aromatic nitrogens is 2. The van der Waals surface area contributed by atoms with Crippen molar-refractivity contribution in [3.8, 4) is 11.3 Å². The highest BCUT2D eigenvalue weighted by Gasteiger charge is 2.07. The lowest BCUT2D eigenvalue weighted by molar-refractivity contribution is 0.683. The molecule has 0 fully saturated rings. The molecule has 0 aliphatic heterocycles. The molecule has 0 atom stereocenters. The molecule has 1 aromatic carbocycles. The Kier molecular flexibility index (Phi) is 3.93. The van der Waals surface area contributed by atoms with Crippen molar-refractivity contribution in [3.63, 3.8) is 0 Å². The topological polar surface area (TPSA) is 46.9 Å². The van der Waals surface area contributed by atoms with Gasteiger partial charge in [-0.3, -0.25) is 4.79 Å². The lowest BCUT2D eigenvalue weighted by atomic mass is 10.1. The lowest BCUT2D eigenvalue weighted by Crippen LogP contribution is -2.26. The van der Waals surface area contributed by atoms with E-state index in [1.165, 1.54) is 4.68 Å². The molecule has 1 heterocycles. The van der Waals surface area contributed by atoms with Crippen LogP contribution in [0.25, 0.3) is 11.3 Å². The zero-order valence-electron chi connectivity index (χ0n) is 10.3. The molecule has 1 N–H and O–H groups in total. The molecule has 0 amide bonds. The van der Waals surface area contributed by atoms with Gasteiger partial charge in [0.2, 0.25) is 0 Å². The van der Waals surface area contributed by atoms with E-state index >= 15 is 0 Å². The highest BCUT2D eigenvalue weighted by molar-refractivity contribution is 9.10. The summed E-state index contributed by atoms with van der Waals surface area (Å²) in [6, 6.07) is 9.70. The Morgan fingerprint density at radius 2 is 2.00 bits per heavy atom. The van der Waals surface area contributed by atoms with Crippen molar-refractivity contribution in [2.24, 2.45) is 7.05 Å². The Balaban J connectivity index is 2.51. The van der Waals surface area contributed by atoms with Crippen molar-refractivity contribution in [2.45, 2.75) is 6.54 Å². The highest BCUT2D eigenvalue weighted by Crippen LogP contribution is 2.19. The molecule has 2 aromatic rings. The van der Waals surface area contributed by atoms with E-state index in [0.717, 1.165) is 15.7 Å². The van der Waals surface area contributed by atoms with E-state index in [0.29, 0.717) is 12.1 Å². The molecular formula is C13H14BrN3O. The van der Waals surface area contributed by atoms with E-state index in [1.807, 2.05) is 37.4 Å². The first-order valence-electron chi connectivity index (χ1n) is 5.59. The van der Waals surface area contributed by atoms with Crippen LogP contribution in [0.15, 0.2) is 39.6 Å². The average molecular weight is 308 g/mol. The van der Waals surface area contributed by atoms with Gasteiger partial charge in [-0.15, -0.1) is 0 Å². The summed E-state index contributed by atoms with van der Waals surface area (Å²) >= 11 is 3.40. The first-order chi connectivity index (χ1) is 8.61. The van der Waals surface area contributed by atoms with E-state index < -0.39 is 0 Å². The fourth-order valence-corrected chi connectivity index (χ4v) is 2.01. The zero-order valence-corrected chi connectivity index (χ0v) is 11.9. The molecular weight excluding hydrogens is 294 g/mol. The summed E-state index contributed by atoms with van der Waals surface area (Å²) in [6.07, 6.45) is 0. The number of nitrogens with zero attached hydrogens (tertiary/aromatic N) is 2. The first kappa shape index (κ1) is 13.0. The average Bonchev–Trinajstić information content (AvgIpc) is 2.36. The number of aryl methyl sites for hydroxylation is 1. The molecule has 5 heteroatoms. The number of rotatable bonds is 3. The Hall–Kier alpha value is -1.46. The standard InChI is InChI=1S/C13H14BrN3O/c1-15-8-10-7-12(16-17(2)13(10)18)9-3-5-11(14)6-4-9/h3-7,15H,8H2,1-2H3. The summed E-state index contributed by atoms with van der Waals surface area (Å²) in [6.45, 7) is 0.540. The molecule has 0 bridgehead atoms. The lowest BCUT2D eigenvalue weighted by Gasteiger charge is -2.07. The summed E-state index contributed by atoms with van der Waals surface area (Å²) in [5.41, 5.74) is 2.44. The van der Waals surface area contributed by atoms with Crippen molar-refractivity contribution in [1.82, 2.24) is 15.1 Å². The van der Waals surface area contributed by atoms with Gasteiger partial charge in [0.1, 0.15) is 0 Å². The molecule has 2 rings (SSSR count). The van der Waals surface area contributed by atoms with Gasteiger partial charge in [0.15, 0.2) is 0 Å². The summed E-state index contributed by atoms with van der Waals surface area (Å²) < 4.78 is 2.40. The van der Waals surface area contributed by atoms with Crippen LogP contribution < -0.4 is 10.9 Å². The fraction of sp³-hybridized carbons (Fsp3) is 0.231. The van der Waals surface area contributed by atoms with Gasteiger partial charge in [0, 0.05) is 29.2 Å². The predicted molar refractivity (Wildman–Crippen MR) is 75.4 cm³/mol. The van der Waals surface area contributed by atoms with E-state index in [4.69, 9.17) is 0 Å². The number of hydrogen-bond donors (Lipinski definition) is 1. The first-order valence-corrected chi connectivity index (χ1v) is 6.39. The van der Waals surface area contributed by atoms with Crippen LogP contribution in [0.1, 0.15) is 5.56 Å². The minimum Gasteiger partial charge on any atom is -0.315 e. The largest absolute Gasteiger partial charge is 0.315 e.